The second kappa shape index (κ2) is 13.6. The summed E-state index contributed by atoms with van der Waals surface area (Å²) in [7, 11) is 0. The summed E-state index contributed by atoms with van der Waals surface area (Å²) in [5, 5.41) is 6.48. The normalized spacial score (nSPS) is 24.2. The van der Waals surface area contributed by atoms with Crippen LogP contribution in [-0.2, 0) is 10.8 Å². The van der Waals surface area contributed by atoms with E-state index in [1.54, 1.807) is 0 Å². The summed E-state index contributed by atoms with van der Waals surface area (Å²) >= 11 is 0. The molecule has 8 aromatic rings. The SMILES string of the molecule is CC1(C)C2=C(C=CC(c3nc(-c4ccc(C56CC7C[C@H](C5)C[C@@H](C7)C6)cc4)nc(-c4cccc5c6ccccc6oc6ccccc6c6ccccc6c45)n3)C2)c2ccccc21. The Bertz CT molecular complexity index is 3260. The minimum atomic E-state index is -0.0794. The van der Waals surface area contributed by atoms with E-state index in [1.807, 2.05) is 6.07 Å². The molecular formula is C58H49N3O. The summed E-state index contributed by atoms with van der Waals surface area (Å²) in [6.07, 6.45) is 13.9. The Hall–Kier alpha value is -6.39. The van der Waals surface area contributed by atoms with Gasteiger partial charge in [0.1, 0.15) is 17.0 Å². The number of fused-ring (bicyclic) bond motifs is 9. The van der Waals surface area contributed by atoms with Gasteiger partial charge in [-0.2, -0.15) is 0 Å². The molecule has 0 radical (unpaired) electrons. The van der Waals surface area contributed by atoms with E-state index < -0.39 is 0 Å². The highest BCUT2D eigenvalue weighted by atomic mass is 16.3. The molecule has 62 heavy (non-hydrogen) atoms. The summed E-state index contributed by atoms with van der Waals surface area (Å²) in [4.78, 5) is 16.5. The van der Waals surface area contributed by atoms with Crippen molar-refractivity contribution in [1.29, 1.82) is 0 Å². The number of allylic oxidation sites excluding steroid dienone is 4. The Balaban J connectivity index is 1.03. The molecule has 2 aromatic heterocycles. The maximum Gasteiger partial charge on any atom is 0.164 e. The van der Waals surface area contributed by atoms with Crippen molar-refractivity contribution in [2.75, 3.05) is 0 Å². The van der Waals surface area contributed by atoms with Crippen LogP contribution in [0.5, 0.6) is 0 Å². The molecule has 6 aromatic carbocycles. The van der Waals surface area contributed by atoms with Crippen LogP contribution in [0.3, 0.4) is 0 Å². The average molecular weight is 804 g/mol. The zero-order chi connectivity index (χ0) is 41.2. The van der Waals surface area contributed by atoms with E-state index in [0.29, 0.717) is 11.2 Å². The van der Waals surface area contributed by atoms with Gasteiger partial charge >= 0.3 is 0 Å². The molecule has 6 aliphatic rings. The number of hydrogen-bond acceptors (Lipinski definition) is 4. The maximum absolute atomic E-state index is 6.80. The van der Waals surface area contributed by atoms with Gasteiger partial charge < -0.3 is 4.42 Å². The zero-order valence-electron chi connectivity index (χ0n) is 35.4. The number of nitrogens with zero attached hydrogens (tertiary/aromatic N) is 3. The first-order chi connectivity index (χ1) is 30.4. The Kier molecular flexibility index (Phi) is 7.93. The molecular weight excluding hydrogens is 755 g/mol. The van der Waals surface area contributed by atoms with Gasteiger partial charge in [-0.15, -0.1) is 0 Å². The lowest BCUT2D eigenvalue weighted by molar-refractivity contribution is -0.00518. The molecule has 1 unspecified atom stereocenters. The number of para-hydroxylation sites is 2. The largest absolute Gasteiger partial charge is 0.456 e. The van der Waals surface area contributed by atoms with E-state index in [2.05, 4.69) is 159 Å². The number of benzene rings is 6. The lowest BCUT2D eigenvalue weighted by Crippen LogP contribution is -2.48. The molecule has 6 aliphatic carbocycles. The molecule has 4 fully saturated rings. The molecule has 4 nitrogen and oxygen atoms in total. The fourth-order valence-corrected chi connectivity index (χ4v) is 13.3. The first-order valence-corrected chi connectivity index (χ1v) is 22.9. The predicted molar refractivity (Wildman–Crippen MR) is 253 cm³/mol. The van der Waals surface area contributed by atoms with Gasteiger partial charge in [0.05, 0.1) is 0 Å². The van der Waals surface area contributed by atoms with Crippen LogP contribution in [0.1, 0.15) is 87.2 Å². The van der Waals surface area contributed by atoms with Gasteiger partial charge in [0.15, 0.2) is 11.6 Å². The van der Waals surface area contributed by atoms with E-state index in [0.717, 1.165) is 90.4 Å². The smallest absolute Gasteiger partial charge is 0.164 e. The molecule has 1 atom stereocenters. The Morgan fingerprint density at radius 3 is 1.82 bits per heavy atom. The van der Waals surface area contributed by atoms with Gasteiger partial charge in [0.25, 0.3) is 0 Å². The second-order valence-electron chi connectivity index (χ2n) is 19.7. The van der Waals surface area contributed by atoms with Crippen LogP contribution in [0.4, 0.5) is 0 Å². The third-order valence-corrected chi connectivity index (χ3v) is 15.7. The highest BCUT2D eigenvalue weighted by molar-refractivity contribution is 6.22. The third-order valence-electron chi connectivity index (χ3n) is 15.7. The zero-order valence-corrected chi connectivity index (χ0v) is 35.4. The van der Waals surface area contributed by atoms with Gasteiger partial charge in [-0.25, -0.2) is 15.0 Å². The first kappa shape index (κ1) is 36.3. The molecule has 4 heteroatoms. The monoisotopic (exact) mass is 803 g/mol. The number of aromatic nitrogens is 3. The quantitative estimate of drug-likeness (QED) is 0.178. The van der Waals surface area contributed by atoms with Crippen molar-refractivity contribution in [3.8, 4) is 22.8 Å². The summed E-state index contributed by atoms with van der Waals surface area (Å²) in [5.41, 5.74) is 11.0. The fourth-order valence-electron chi connectivity index (χ4n) is 13.3. The molecule has 2 heterocycles. The molecule has 0 saturated heterocycles. The van der Waals surface area contributed by atoms with Crippen molar-refractivity contribution in [1.82, 2.24) is 15.0 Å². The van der Waals surface area contributed by atoms with Gasteiger partial charge in [-0.05, 0) is 119 Å². The van der Waals surface area contributed by atoms with Gasteiger partial charge in [-0.1, -0.05) is 159 Å². The molecule has 0 N–H and O–H groups in total. The lowest BCUT2D eigenvalue weighted by Gasteiger charge is -2.57. The van der Waals surface area contributed by atoms with Crippen LogP contribution < -0.4 is 0 Å². The van der Waals surface area contributed by atoms with E-state index >= 15 is 0 Å². The van der Waals surface area contributed by atoms with Crippen LogP contribution in [-0.4, -0.2) is 15.0 Å². The second-order valence-corrected chi connectivity index (χ2v) is 19.7. The summed E-state index contributed by atoms with van der Waals surface area (Å²) in [6, 6.07) is 50.5. The Morgan fingerprint density at radius 1 is 0.532 bits per heavy atom. The van der Waals surface area contributed by atoms with Crippen LogP contribution in [0, 0.1) is 17.8 Å². The number of hydrogen-bond donors (Lipinski definition) is 0. The van der Waals surface area contributed by atoms with Crippen LogP contribution in [0.15, 0.2) is 162 Å². The first-order valence-electron chi connectivity index (χ1n) is 22.9. The predicted octanol–water partition coefficient (Wildman–Crippen LogP) is 14.8. The number of rotatable bonds is 4. The van der Waals surface area contributed by atoms with Crippen molar-refractivity contribution >= 4 is 49.1 Å². The van der Waals surface area contributed by atoms with Crippen molar-refractivity contribution in [2.45, 2.75) is 75.5 Å². The van der Waals surface area contributed by atoms with Crippen LogP contribution in [0.2, 0.25) is 0 Å². The lowest BCUT2D eigenvalue weighted by atomic mass is 9.48. The Morgan fingerprint density at radius 2 is 1.10 bits per heavy atom. The highest BCUT2D eigenvalue weighted by Gasteiger charge is 2.51. The fraction of sp³-hybridized carbons (Fsp3) is 0.259. The van der Waals surface area contributed by atoms with E-state index in [4.69, 9.17) is 19.4 Å². The van der Waals surface area contributed by atoms with E-state index in [1.165, 1.54) is 66.4 Å². The summed E-state index contributed by atoms with van der Waals surface area (Å²) in [5.74, 6) is 4.93. The Labute approximate surface area is 362 Å². The minimum Gasteiger partial charge on any atom is -0.456 e. The maximum atomic E-state index is 6.80. The van der Waals surface area contributed by atoms with Gasteiger partial charge in [0.2, 0.25) is 0 Å². The molecule has 302 valence electrons. The van der Waals surface area contributed by atoms with Crippen molar-refractivity contribution in [3.05, 3.63) is 180 Å². The molecule has 4 saturated carbocycles. The highest BCUT2D eigenvalue weighted by Crippen LogP contribution is 2.61. The average Bonchev–Trinajstić information content (AvgIpc) is 3.56. The third kappa shape index (κ3) is 5.54. The summed E-state index contributed by atoms with van der Waals surface area (Å²) < 4.78 is 6.80. The van der Waals surface area contributed by atoms with Crippen molar-refractivity contribution in [3.63, 3.8) is 0 Å². The standard InChI is InChI=1S/C58H49N3O/c1-57(2)49-19-8-5-13-42(49)43-27-24-39(31-50(43)57)55-59-54(38-22-25-40(26-23-38)58-32-35-28-36(33-58)30-37(29-35)34-58)60-56(61-55)48-18-11-17-47-45-15-7-10-21-52(45)62-51-20-9-6-14-44(51)41-12-3-4-16-46(41)53(47)48/h3-27,35-37,39H,28-34H2,1-2H3/t35-,36+,37?,39?,58?. The van der Waals surface area contributed by atoms with Crippen molar-refractivity contribution in [2.24, 2.45) is 17.8 Å². The molecule has 0 spiro atoms. The topological polar surface area (TPSA) is 51.8 Å². The van der Waals surface area contributed by atoms with Crippen LogP contribution >= 0.6 is 0 Å². The van der Waals surface area contributed by atoms with Gasteiger partial charge in [0, 0.05) is 38.6 Å². The molecule has 14 rings (SSSR count). The van der Waals surface area contributed by atoms with Crippen molar-refractivity contribution < 1.29 is 4.42 Å². The molecule has 0 amide bonds. The van der Waals surface area contributed by atoms with E-state index in [9.17, 15) is 0 Å². The summed E-state index contributed by atoms with van der Waals surface area (Å²) in [6.45, 7) is 4.75. The van der Waals surface area contributed by atoms with Gasteiger partial charge in [-0.3, -0.25) is 0 Å². The minimum absolute atomic E-state index is 0.00357. The van der Waals surface area contributed by atoms with Crippen LogP contribution in [0.25, 0.3) is 71.8 Å². The van der Waals surface area contributed by atoms with E-state index in [-0.39, 0.29) is 11.3 Å². The molecule has 4 bridgehead atoms. The molecule has 0 aliphatic heterocycles.